The van der Waals surface area contributed by atoms with Crippen molar-refractivity contribution in [3.05, 3.63) is 35.4 Å². The largest absolute Gasteiger partial charge is 0.460 e. The number of esters is 1. The van der Waals surface area contributed by atoms with E-state index in [1.54, 1.807) is 20.8 Å². The summed E-state index contributed by atoms with van der Waals surface area (Å²) >= 11 is 0. The van der Waals surface area contributed by atoms with E-state index in [-0.39, 0.29) is 0 Å². The monoisotopic (exact) mass is 286 g/mol. The molecule has 2 atom stereocenters. The second kappa shape index (κ2) is 5.48. The van der Waals surface area contributed by atoms with Crippen molar-refractivity contribution in [1.29, 1.82) is 0 Å². The number of benzene rings is 1. The first-order valence-corrected chi connectivity index (χ1v) is 6.36. The molecule has 0 saturated carbocycles. The lowest BCUT2D eigenvalue weighted by Gasteiger charge is -2.32. The minimum Gasteiger partial charge on any atom is -0.460 e. The van der Waals surface area contributed by atoms with Crippen molar-refractivity contribution in [3.63, 3.8) is 0 Å². The van der Waals surface area contributed by atoms with Crippen molar-refractivity contribution < 1.29 is 23.4 Å². The number of hydrogen-bond acceptors (Lipinski definition) is 3. The second-order valence-corrected chi connectivity index (χ2v) is 6.00. The zero-order valence-electron chi connectivity index (χ0n) is 12.3. The van der Waals surface area contributed by atoms with Crippen LogP contribution in [-0.2, 0) is 15.1 Å². The minimum atomic E-state index is -2.00. The predicted molar refractivity (Wildman–Crippen MR) is 70.9 cm³/mol. The highest BCUT2D eigenvalue weighted by Crippen LogP contribution is 2.34. The number of rotatable bonds is 3. The van der Waals surface area contributed by atoms with Gasteiger partial charge < -0.3 is 9.84 Å². The van der Waals surface area contributed by atoms with Crippen LogP contribution in [0, 0.1) is 17.6 Å². The highest BCUT2D eigenvalue weighted by molar-refractivity contribution is 5.74. The van der Waals surface area contributed by atoms with Gasteiger partial charge in [0.15, 0.2) is 0 Å². The van der Waals surface area contributed by atoms with E-state index < -0.39 is 40.3 Å². The van der Waals surface area contributed by atoms with Crippen LogP contribution in [0.25, 0.3) is 0 Å². The topological polar surface area (TPSA) is 46.5 Å². The first-order chi connectivity index (χ1) is 8.97. The average Bonchev–Trinajstić information content (AvgIpc) is 2.24. The van der Waals surface area contributed by atoms with E-state index in [0.29, 0.717) is 0 Å². The Morgan fingerprint density at radius 2 is 1.65 bits per heavy atom. The van der Waals surface area contributed by atoms with Crippen molar-refractivity contribution >= 4 is 5.97 Å². The summed E-state index contributed by atoms with van der Waals surface area (Å²) in [4.78, 5) is 12.0. The standard InChI is InChI=1S/C15H20F2O3/c1-9(13(18)20-14(2,3)4)15(5,19)12-10(16)7-6-8-11(12)17/h6-9,19H,1-5H3. The van der Waals surface area contributed by atoms with Gasteiger partial charge in [0.1, 0.15) is 22.8 Å². The molecular formula is C15H20F2O3. The molecule has 0 spiro atoms. The minimum absolute atomic E-state index is 0.529. The van der Waals surface area contributed by atoms with Crippen molar-refractivity contribution in [1.82, 2.24) is 0 Å². The van der Waals surface area contributed by atoms with Crippen molar-refractivity contribution in [2.75, 3.05) is 0 Å². The Balaban J connectivity index is 3.13. The molecule has 112 valence electrons. The summed E-state index contributed by atoms with van der Waals surface area (Å²) < 4.78 is 32.7. The van der Waals surface area contributed by atoms with Gasteiger partial charge in [-0.1, -0.05) is 6.07 Å². The molecule has 0 amide bonds. The number of ether oxygens (including phenoxy) is 1. The van der Waals surface area contributed by atoms with Crippen LogP contribution in [0.2, 0.25) is 0 Å². The lowest BCUT2D eigenvalue weighted by Crippen LogP contribution is -2.40. The molecule has 0 saturated heterocycles. The Labute approximate surface area is 117 Å². The fourth-order valence-corrected chi connectivity index (χ4v) is 1.82. The van der Waals surface area contributed by atoms with Crippen molar-refractivity contribution in [2.24, 2.45) is 5.92 Å². The molecule has 1 aromatic carbocycles. The van der Waals surface area contributed by atoms with Crippen LogP contribution in [-0.4, -0.2) is 16.7 Å². The van der Waals surface area contributed by atoms with Crippen LogP contribution in [0.5, 0.6) is 0 Å². The fourth-order valence-electron chi connectivity index (χ4n) is 1.82. The first-order valence-electron chi connectivity index (χ1n) is 6.36. The molecule has 0 aliphatic heterocycles. The van der Waals surface area contributed by atoms with Crippen LogP contribution in [0.1, 0.15) is 40.2 Å². The normalized spacial score (nSPS) is 16.4. The van der Waals surface area contributed by atoms with E-state index >= 15 is 0 Å². The molecule has 3 nitrogen and oxygen atoms in total. The van der Waals surface area contributed by atoms with E-state index in [0.717, 1.165) is 12.1 Å². The second-order valence-electron chi connectivity index (χ2n) is 6.00. The zero-order chi connectivity index (χ0) is 15.7. The lowest BCUT2D eigenvalue weighted by atomic mass is 9.83. The summed E-state index contributed by atoms with van der Waals surface area (Å²) in [7, 11) is 0. The van der Waals surface area contributed by atoms with Gasteiger partial charge in [0, 0.05) is 0 Å². The SMILES string of the molecule is CC(C(=O)OC(C)(C)C)C(C)(O)c1c(F)cccc1F. The Bertz CT molecular complexity index is 484. The highest BCUT2D eigenvalue weighted by atomic mass is 19.1. The fraction of sp³-hybridized carbons (Fsp3) is 0.533. The third kappa shape index (κ3) is 3.54. The number of halogens is 2. The van der Waals surface area contributed by atoms with E-state index in [4.69, 9.17) is 4.74 Å². The van der Waals surface area contributed by atoms with Gasteiger partial charge in [0.2, 0.25) is 0 Å². The van der Waals surface area contributed by atoms with Crippen LogP contribution in [0.3, 0.4) is 0 Å². The molecule has 0 fully saturated rings. The van der Waals surface area contributed by atoms with Gasteiger partial charge in [-0.05, 0) is 46.8 Å². The Morgan fingerprint density at radius 1 is 1.20 bits per heavy atom. The summed E-state index contributed by atoms with van der Waals surface area (Å²) in [5, 5.41) is 10.4. The van der Waals surface area contributed by atoms with Crippen LogP contribution < -0.4 is 0 Å². The maximum absolute atomic E-state index is 13.8. The maximum Gasteiger partial charge on any atom is 0.312 e. The highest BCUT2D eigenvalue weighted by Gasteiger charge is 2.41. The van der Waals surface area contributed by atoms with Gasteiger partial charge in [0.25, 0.3) is 0 Å². The quantitative estimate of drug-likeness (QED) is 0.868. The smallest absolute Gasteiger partial charge is 0.312 e. The summed E-state index contributed by atoms with van der Waals surface area (Å²) in [6.07, 6.45) is 0. The van der Waals surface area contributed by atoms with Crippen LogP contribution in [0.4, 0.5) is 8.78 Å². The molecule has 1 aromatic rings. The van der Waals surface area contributed by atoms with E-state index in [1.165, 1.54) is 19.9 Å². The number of hydrogen-bond donors (Lipinski definition) is 1. The van der Waals surface area contributed by atoms with Gasteiger partial charge in [-0.15, -0.1) is 0 Å². The molecule has 2 unspecified atom stereocenters. The van der Waals surface area contributed by atoms with Gasteiger partial charge in [0.05, 0.1) is 11.5 Å². The Morgan fingerprint density at radius 3 is 2.05 bits per heavy atom. The molecule has 0 aliphatic carbocycles. The van der Waals surface area contributed by atoms with Gasteiger partial charge >= 0.3 is 5.97 Å². The van der Waals surface area contributed by atoms with E-state index in [2.05, 4.69) is 0 Å². The zero-order valence-corrected chi connectivity index (χ0v) is 12.3. The van der Waals surface area contributed by atoms with E-state index in [1.807, 2.05) is 0 Å². The third-order valence-electron chi connectivity index (χ3n) is 3.07. The summed E-state index contributed by atoms with van der Waals surface area (Å²) in [5.74, 6) is -3.63. The predicted octanol–water partition coefficient (Wildman–Crippen LogP) is 3.15. The molecule has 1 rings (SSSR count). The van der Waals surface area contributed by atoms with Gasteiger partial charge in [-0.2, -0.15) is 0 Å². The Hall–Kier alpha value is -1.49. The molecular weight excluding hydrogens is 266 g/mol. The lowest BCUT2D eigenvalue weighted by molar-refractivity contribution is -0.168. The number of aliphatic hydroxyl groups is 1. The Kier molecular flexibility index (Phi) is 4.54. The van der Waals surface area contributed by atoms with Crippen molar-refractivity contribution in [3.8, 4) is 0 Å². The summed E-state index contributed by atoms with van der Waals surface area (Å²) in [5.41, 5.74) is -3.27. The summed E-state index contributed by atoms with van der Waals surface area (Å²) in [6.45, 7) is 7.60. The van der Waals surface area contributed by atoms with E-state index in [9.17, 15) is 18.7 Å². The van der Waals surface area contributed by atoms with Crippen molar-refractivity contribution in [2.45, 2.75) is 45.8 Å². The number of carbonyl (C=O) groups excluding carboxylic acids is 1. The first kappa shape index (κ1) is 16.6. The van der Waals surface area contributed by atoms with Crippen LogP contribution in [0.15, 0.2) is 18.2 Å². The molecule has 0 aromatic heterocycles. The third-order valence-corrected chi connectivity index (χ3v) is 3.07. The number of carbonyl (C=O) groups is 1. The summed E-state index contributed by atoms with van der Waals surface area (Å²) in [6, 6.07) is 3.27. The maximum atomic E-state index is 13.8. The van der Waals surface area contributed by atoms with Gasteiger partial charge in [-0.25, -0.2) is 8.78 Å². The van der Waals surface area contributed by atoms with Crippen LogP contribution >= 0.6 is 0 Å². The molecule has 0 radical (unpaired) electrons. The molecule has 0 bridgehead atoms. The molecule has 0 aliphatic rings. The molecule has 20 heavy (non-hydrogen) atoms. The van der Waals surface area contributed by atoms with Gasteiger partial charge in [-0.3, -0.25) is 4.79 Å². The molecule has 0 heterocycles. The molecule has 5 heteroatoms. The average molecular weight is 286 g/mol. The molecule has 1 N–H and O–H groups in total.